The van der Waals surface area contributed by atoms with Gasteiger partial charge in [-0.3, -0.25) is 0 Å². The van der Waals surface area contributed by atoms with E-state index in [1.807, 2.05) is 0 Å². The van der Waals surface area contributed by atoms with E-state index in [0.29, 0.717) is 0 Å². The minimum atomic E-state index is -1.81. The predicted molar refractivity (Wildman–Crippen MR) is 39.8 cm³/mol. The molecule has 0 rings (SSSR count). The van der Waals surface area contributed by atoms with Crippen molar-refractivity contribution in [2.75, 3.05) is 0 Å². The van der Waals surface area contributed by atoms with Gasteiger partial charge in [0.25, 0.3) is 0 Å². The van der Waals surface area contributed by atoms with Crippen LogP contribution >= 0.6 is 0 Å². The fourth-order valence-corrected chi connectivity index (χ4v) is 9.00. The molecule has 0 aromatic carbocycles. The van der Waals surface area contributed by atoms with Crippen LogP contribution in [0.2, 0.25) is 19.8 Å². The van der Waals surface area contributed by atoms with Gasteiger partial charge in [-0.05, 0) is 0 Å². The van der Waals surface area contributed by atoms with E-state index in [-0.39, 0.29) is 21.4 Å². The van der Waals surface area contributed by atoms with Crippen LogP contribution in [0.1, 0.15) is 0 Å². The summed E-state index contributed by atoms with van der Waals surface area (Å²) in [5.41, 5.74) is 0. The molecule has 8 heavy (non-hydrogen) atoms. The van der Waals surface area contributed by atoms with Crippen molar-refractivity contribution in [2.45, 2.75) is 19.8 Å². The average Bonchev–Trinajstić information content (AvgIpc) is 1.59. The van der Waals surface area contributed by atoms with Gasteiger partial charge in [0.2, 0.25) is 0 Å². The molecule has 0 saturated heterocycles. The molecule has 46 valence electrons. The molecule has 4 heteroatoms. The van der Waals surface area contributed by atoms with Gasteiger partial charge >= 0.3 is 66.5 Å². The molecule has 0 aromatic rings. The Labute approximate surface area is 66.0 Å². The molecule has 0 aromatic heterocycles. The molecule has 0 saturated carbocycles. The van der Waals surface area contributed by atoms with E-state index in [1.165, 1.54) is 0 Å². The molecular formula is C4H12N2Sn2. The van der Waals surface area contributed by atoms with Crippen LogP contribution in [0.3, 0.4) is 0 Å². The van der Waals surface area contributed by atoms with E-state index < -0.39 is 18.7 Å². The molecule has 0 amide bonds. The van der Waals surface area contributed by atoms with E-state index >= 15 is 0 Å². The van der Waals surface area contributed by atoms with Crippen molar-refractivity contribution in [2.24, 2.45) is 6.67 Å². The van der Waals surface area contributed by atoms with E-state index in [9.17, 15) is 0 Å². The molecule has 2 nitrogen and oxygen atoms in total. The molecule has 0 unspecified atom stereocenters. The van der Waals surface area contributed by atoms with Crippen LogP contribution in [0.15, 0.2) is 6.67 Å². The molecule has 0 heterocycles. The quantitative estimate of drug-likeness (QED) is 0.548. The summed E-state index contributed by atoms with van der Waals surface area (Å²) in [5, 5.41) is 0. The molecule has 0 aliphatic rings. The summed E-state index contributed by atoms with van der Waals surface area (Å²) in [7, 11) is 0. The Morgan fingerprint density at radius 3 is 1.88 bits per heavy atom. The Morgan fingerprint density at radius 2 is 1.75 bits per heavy atom. The van der Waals surface area contributed by atoms with Gasteiger partial charge in [-0.15, -0.1) is 0 Å². The predicted octanol–water partition coefficient (Wildman–Crippen LogP) is 1.94. The van der Waals surface area contributed by atoms with E-state index in [4.69, 9.17) is 0 Å². The van der Waals surface area contributed by atoms with Crippen LogP contribution in [-0.2, 0) is 0 Å². The second-order valence-corrected chi connectivity index (χ2v) is 17.4. The zero-order valence-electron chi connectivity index (χ0n) is 5.89. The second kappa shape index (κ2) is 4.08. The fourth-order valence-electron chi connectivity index (χ4n) is 0.200. The zero-order valence-corrected chi connectivity index (χ0v) is 11.6. The van der Waals surface area contributed by atoms with E-state index in [2.05, 4.69) is 26.4 Å². The Bertz CT molecular complexity index is 84.5. The van der Waals surface area contributed by atoms with Gasteiger partial charge in [0.05, 0.1) is 0 Å². The summed E-state index contributed by atoms with van der Waals surface area (Å²) >= 11 is -2.19. The second-order valence-electron chi connectivity index (χ2n) is 2.59. The van der Waals surface area contributed by atoms with Crippen molar-refractivity contribution in [3.05, 3.63) is 0 Å². The van der Waals surface area contributed by atoms with Crippen molar-refractivity contribution in [3.63, 3.8) is 0 Å². The first-order valence-corrected chi connectivity index (χ1v) is 16.6. The number of hydrogen-bond acceptors (Lipinski definition) is 2. The molecule has 2 radical (unpaired) electrons. The van der Waals surface area contributed by atoms with Crippen molar-refractivity contribution in [1.82, 2.24) is 0 Å². The Morgan fingerprint density at radius 1 is 1.25 bits per heavy atom. The summed E-state index contributed by atoms with van der Waals surface area (Å²) in [5.74, 6) is 0. The van der Waals surface area contributed by atoms with Gasteiger partial charge in [-0.1, -0.05) is 0 Å². The van der Waals surface area contributed by atoms with Crippen LogP contribution in [0.4, 0.5) is 0 Å². The van der Waals surface area contributed by atoms with Gasteiger partial charge in [0.1, 0.15) is 0 Å². The van der Waals surface area contributed by atoms with E-state index in [1.54, 1.807) is 0 Å². The van der Waals surface area contributed by atoms with Crippen molar-refractivity contribution in [3.8, 4) is 0 Å². The van der Waals surface area contributed by atoms with Crippen molar-refractivity contribution in [1.29, 1.82) is 0 Å². The summed E-state index contributed by atoms with van der Waals surface area (Å²) in [6.45, 7) is 0. The third kappa shape index (κ3) is 7.20. The van der Waals surface area contributed by atoms with Gasteiger partial charge in [-0.25, -0.2) is 0 Å². The number of hydrogen-bond donors (Lipinski definition) is 0. The van der Waals surface area contributed by atoms with Gasteiger partial charge in [0, 0.05) is 0 Å². The molecule has 0 atom stereocenters. The Kier molecular flexibility index (Phi) is 4.69. The van der Waals surface area contributed by atoms with Crippen LogP contribution in [0.25, 0.3) is 0 Å². The summed E-state index contributed by atoms with van der Waals surface area (Å²) in [4.78, 5) is 9.00. The molecule has 0 aliphatic carbocycles. The van der Waals surface area contributed by atoms with Crippen LogP contribution < -0.4 is 0 Å². The Hall–Kier alpha value is 1.20. The minimum absolute atomic E-state index is 0.378. The number of rotatable bonds is 2. The van der Waals surface area contributed by atoms with Gasteiger partial charge in [0.15, 0.2) is 0 Å². The van der Waals surface area contributed by atoms with Gasteiger partial charge < -0.3 is 0 Å². The third-order valence-corrected chi connectivity index (χ3v) is 4.93. The first-order chi connectivity index (χ1) is 3.56. The first kappa shape index (κ1) is 9.20. The zero-order chi connectivity index (χ0) is 6.62. The van der Waals surface area contributed by atoms with Crippen LogP contribution in [0.5, 0.6) is 0 Å². The Balaban J connectivity index is 3.52. The molecule has 0 spiro atoms. The number of nitrogens with zero attached hydrogens (tertiary/aromatic N) is 2. The van der Waals surface area contributed by atoms with Crippen molar-refractivity contribution >= 4 is 40.1 Å². The summed E-state index contributed by atoms with van der Waals surface area (Å²) in [6, 6.07) is 0. The normalized spacial score (nSPS) is 13.0. The molecule has 0 aliphatic heterocycles. The first-order valence-electron chi connectivity index (χ1n) is 2.65. The third-order valence-electron chi connectivity index (χ3n) is 0.450. The van der Waals surface area contributed by atoms with Crippen molar-refractivity contribution < 1.29 is 0 Å². The topological polar surface area (TPSA) is 24.7 Å². The molecular weight excluding hydrogens is 313 g/mol. The fraction of sp³-hybridized carbons (Fsp3) is 1.00. The average molecular weight is 326 g/mol. The van der Waals surface area contributed by atoms with Crippen LogP contribution in [0, 0.1) is 0 Å². The molecule has 0 fully saturated rings. The maximum absolute atomic E-state index is 4.29. The maximum atomic E-state index is 4.29. The summed E-state index contributed by atoms with van der Waals surface area (Å²) < 4.78 is 8.42. The monoisotopic (exact) mass is 328 g/mol. The SMILES string of the molecule is [CH3][Sn][N]=[N][Sn]([CH3])([CH3])[CH3]. The van der Waals surface area contributed by atoms with Gasteiger partial charge in [-0.2, -0.15) is 0 Å². The molecule has 0 bridgehead atoms. The van der Waals surface area contributed by atoms with Crippen LogP contribution in [-0.4, -0.2) is 40.1 Å². The van der Waals surface area contributed by atoms with E-state index in [0.717, 1.165) is 0 Å². The molecule has 0 N–H and O–H groups in total. The standard InChI is InChI=1S/4CH3.N2.2Sn/c;;;;1-2;;/h4*1H3;;;/q;;;;-2;2*+1. The summed E-state index contributed by atoms with van der Waals surface area (Å²) in [6.07, 6.45) is 0.